The van der Waals surface area contributed by atoms with Crippen molar-refractivity contribution < 1.29 is 19.4 Å². The average Bonchev–Trinajstić information content (AvgIpc) is 2.64. The SMILES string of the molecule is Cc1ccccc1OCC(O)CNC(=O)CCCOc1ccccc1. The predicted octanol–water partition coefficient (Wildman–Crippen LogP) is 2.71. The van der Waals surface area contributed by atoms with E-state index in [2.05, 4.69) is 5.32 Å². The highest BCUT2D eigenvalue weighted by atomic mass is 16.5. The summed E-state index contributed by atoms with van der Waals surface area (Å²) in [5.41, 5.74) is 1.01. The topological polar surface area (TPSA) is 67.8 Å². The molecule has 0 aliphatic rings. The van der Waals surface area contributed by atoms with Crippen molar-refractivity contribution in [2.24, 2.45) is 0 Å². The summed E-state index contributed by atoms with van der Waals surface area (Å²) < 4.78 is 11.1. The maximum atomic E-state index is 11.8. The van der Waals surface area contributed by atoms with Gasteiger partial charge < -0.3 is 19.9 Å². The molecule has 1 atom stereocenters. The van der Waals surface area contributed by atoms with Crippen LogP contribution in [0.2, 0.25) is 0 Å². The minimum atomic E-state index is -0.746. The van der Waals surface area contributed by atoms with Crippen molar-refractivity contribution >= 4 is 5.91 Å². The first-order valence-electron chi connectivity index (χ1n) is 8.46. The van der Waals surface area contributed by atoms with Gasteiger partial charge in [0, 0.05) is 13.0 Å². The minimum Gasteiger partial charge on any atom is -0.494 e. The molecular weight excluding hydrogens is 318 g/mol. The van der Waals surface area contributed by atoms with E-state index in [4.69, 9.17) is 9.47 Å². The van der Waals surface area contributed by atoms with E-state index in [1.165, 1.54) is 0 Å². The zero-order valence-corrected chi connectivity index (χ0v) is 14.5. The van der Waals surface area contributed by atoms with Crippen molar-refractivity contribution in [1.82, 2.24) is 5.32 Å². The van der Waals surface area contributed by atoms with Gasteiger partial charge in [-0.05, 0) is 37.1 Å². The fourth-order valence-corrected chi connectivity index (χ4v) is 2.22. The third-order valence-electron chi connectivity index (χ3n) is 3.62. The van der Waals surface area contributed by atoms with Gasteiger partial charge in [0.1, 0.15) is 24.2 Å². The molecule has 0 saturated carbocycles. The lowest BCUT2D eigenvalue weighted by Gasteiger charge is -2.14. The molecule has 2 rings (SSSR count). The lowest BCUT2D eigenvalue weighted by Crippen LogP contribution is -2.35. The number of para-hydroxylation sites is 2. The van der Waals surface area contributed by atoms with Crippen molar-refractivity contribution in [3.63, 3.8) is 0 Å². The summed E-state index contributed by atoms with van der Waals surface area (Å²) in [6.45, 7) is 2.74. The molecule has 2 N–H and O–H groups in total. The Morgan fingerprint density at radius 1 is 1.08 bits per heavy atom. The first-order chi connectivity index (χ1) is 12.1. The Morgan fingerprint density at radius 3 is 2.56 bits per heavy atom. The first-order valence-corrected chi connectivity index (χ1v) is 8.46. The lowest BCUT2D eigenvalue weighted by molar-refractivity contribution is -0.121. The van der Waals surface area contributed by atoms with E-state index < -0.39 is 6.10 Å². The third kappa shape index (κ3) is 7.27. The van der Waals surface area contributed by atoms with Crippen molar-refractivity contribution in [1.29, 1.82) is 0 Å². The van der Waals surface area contributed by atoms with Crippen LogP contribution in [0.4, 0.5) is 0 Å². The molecule has 0 aliphatic carbocycles. The number of amides is 1. The van der Waals surface area contributed by atoms with Crippen molar-refractivity contribution in [3.8, 4) is 11.5 Å². The smallest absolute Gasteiger partial charge is 0.220 e. The number of carbonyl (C=O) groups is 1. The van der Waals surface area contributed by atoms with Crippen LogP contribution < -0.4 is 14.8 Å². The highest BCUT2D eigenvalue weighted by Gasteiger charge is 2.09. The molecule has 0 aromatic heterocycles. The molecule has 25 heavy (non-hydrogen) atoms. The molecule has 0 fully saturated rings. The van der Waals surface area contributed by atoms with Crippen LogP contribution >= 0.6 is 0 Å². The van der Waals surface area contributed by atoms with Gasteiger partial charge in [-0.25, -0.2) is 0 Å². The van der Waals surface area contributed by atoms with Crippen molar-refractivity contribution in [2.75, 3.05) is 19.8 Å². The molecular formula is C20H25NO4. The summed E-state index contributed by atoms with van der Waals surface area (Å²) in [6, 6.07) is 17.1. The Labute approximate surface area is 148 Å². The highest BCUT2D eigenvalue weighted by Crippen LogP contribution is 2.16. The van der Waals surface area contributed by atoms with Crippen LogP contribution in [0, 0.1) is 6.92 Å². The maximum absolute atomic E-state index is 11.8. The number of benzene rings is 2. The van der Waals surface area contributed by atoms with E-state index in [0.717, 1.165) is 17.1 Å². The molecule has 5 nitrogen and oxygen atoms in total. The predicted molar refractivity (Wildman–Crippen MR) is 96.9 cm³/mol. The number of aliphatic hydroxyl groups is 1. The number of aryl methyl sites for hydroxylation is 1. The van der Waals surface area contributed by atoms with Crippen LogP contribution in [-0.2, 0) is 4.79 Å². The molecule has 0 spiro atoms. The van der Waals surface area contributed by atoms with Gasteiger partial charge in [0.15, 0.2) is 0 Å². The molecule has 0 saturated heterocycles. The lowest BCUT2D eigenvalue weighted by atomic mass is 10.2. The number of rotatable bonds is 10. The molecule has 2 aromatic carbocycles. The minimum absolute atomic E-state index is 0.105. The normalized spacial score (nSPS) is 11.6. The Bertz CT molecular complexity index is 645. The van der Waals surface area contributed by atoms with Crippen LogP contribution in [0.5, 0.6) is 11.5 Å². The van der Waals surface area contributed by atoms with E-state index in [-0.39, 0.29) is 19.1 Å². The summed E-state index contributed by atoms with van der Waals surface area (Å²) in [4.78, 5) is 11.8. The number of ether oxygens (including phenoxy) is 2. The van der Waals surface area contributed by atoms with Gasteiger partial charge in [-0.2, -0.15) is 0 Å². The molecule has 5 heteroatoms. The Balaban J connectivity index is 1.55. The Hall–Kier alpha value is -2.53. The average molecular weight is 343 g/mol. The molecule has 134 valence electrons. The van der Waals surface area contributed by atoms with E-state index >= 15 is 0 Å². The fraction of sp³-hybridized carbons (Fsp3) is 0.350. The number of hydrogen-bond acceptors (Lipinski definition) is 4. The molecule has 0 bridgehead atoms. The van der Waals surface area contributed by atoms with Gasteiger partial charge >= 0.3 is 0 Å². The molecule has 1 unspecified atom stereocenters. The van der Waals surface area contributed by atoms with Crippen LogP contribution in [-0.4, -0.2) is 36.9 Å². The number of aliphatic hydroxyl groups excluding tert-OH is 1. The van der Waals surface area contributed by atoms with Crippen LogP contribution in [0.25, 0.3) is 0 Å². The number of carbonyl (C=O) groups excluding carboxylic acids is 1. The van der Waals surface area contributed by atoms with Gasteiger partial charge in [-0.15, -0.1) is 0 Å². The molecule has 2 aromatic rings. The summed E-state index contributed by atoms with van der Waals surface area (Å²) in [5, 5.41) is 12.6. The van der Waals surface area contributed by atoms with E-state index in [9.17, 15) is 9.90 Å². The van der Waals surface area contributed by atoms with Gasteiger partial charge in [0.25, 0.3) is 0 Å². The van der Waals surface area contributed by atoms with Crippen LogP contribution in [0.3, 0.4) is 0 Å². The van der Waals surface area contributed by atoms with Gasteiger partial charge in [-0.1, -0.05) is 36.4 Å². The Morgan fingerprint density at radius 2 is 1.80 bits per heavy atom. The van der Waals surface area contributed by atoms with Crippen molar-refractivity contribution in [2.45, 2.75) is 25.9 Å². The standard InChI is InChI=1S/C20H25NO4/c1-16-8-5-6-11-19(16)25-15-17(22)14-21-20(23)12-7-13-24-18-9-3-2-4-10-18/h2-6,8-11,17,22H,7,12-15H2,1H3,(H,21,23). The van der Waals surface area contributed by atoms with E-state index in [1.807, 2.05) is 61.5 Å². The summed E-state index contributed by atoms with van der Waals surface area (Å²) in [6.07, 6.45) is 0.235. The van der Waals surface area contributed by atoms with Gasteiger partial charge in [-0.3, -0.25) is 4.79 Å². The largest absolute Gasteiger partial charge is 0.494 e. The second-order valence-electron chi connectivity index (χ2n) is 5.80. The first kappa shape index (κ1) is 18.8. The zero-order valence-electron chi connectivity index (χ0n) is 14.5. The van der Waals surface area contributed by atoms with Crippen molar-refractivity contribution in [3.05, 3.63) is 60.2 Å². The van der Waals surface area contributed by atoms with Crippen LogP contribution in [0.15, 0.2) is 54.6 Å². The van der Waals surface area contributed by atoms with Gasteiger partial charge in [0.2, 0.25) is 5.91 Å². The van der Waals surface area contributed by atoms with E-state index in [1.54, 1.807) is 0 Å². The quantitative estimate of drug-likeness (QED) is 0.651. The summed E-state index contributed by atoms with van der Waals surface area (Å²) >= 11 is 0. The van der Waals surface area contributed by atoms with Gasteiger partial charge in [0.05, 0.1) is 6.61 Å². The molecule has 0 radical (unpaired) electrons. The molecule has 1 amide bonds. The Kier molecular flexibility index (Phi) is 7.79. The number of hydrogen-bond donors (Lipinski definition) is 2. The molecule has 0 heterocycles. The second-order valence-corrected chi connectivity index (χ2v) is 5.80. The second kappa shape index (κ2) is 10.4. The number of nitrogens with one attached hydrogen (secondary N) is 1. The third-order valence-corrected chi connectivity index (χ3v) is 3.62. The zero-order chi connectivity index (χ0) is 17.9. The maximum Gasteiger partial charge on any atom is 0.220 e. The summed E-state index contributed by atoms with van der Waals surface area (Å²) in [7, 11) is 0. The van der Waals surface area contributed by atoms with Crippen LogP contribution in [0.1, 0.15) is 18.4 Å². The van der Waals surface area contributed by atoms with E-state index in [0.29, 0.717) is 19.4 Å². The monoisotopic (exact) mass is 343 g/mol. The fourth-order valence-electron chi connectivity index (χ4n) is 2.22. The molecule has 0 aliphatic heterocycles. The highest BCUT2D eigenvalue weighted by molar-refractivity contribution is 5.75. The summed E-state index contributed by atoms with van der Waals surface area (Å²) in [5.74, 6) is 1.43.